The Hall–Kier alpha value is -2.82. The zero-order valence-corrected chi connectivity index (χ0v) is 13.4. The quantitative estimate of drug-likeness (QED) is 0.936. The number of fused-ring (bicyclic) bond motifs is 1. The molecule has 0 aliphatic carbocycles. The highest BCUT2D eigenvalue weighted by Crippen LogP contribution is 2.24. The van der Waals surface area contributed by atoms with Crippen LogP contribution in [0.4, 0.5) is 0 Å². The first-order chi connectivity index (χ1) is 11.6. The summed E-state index contributed by atoms with van der Waals surface area (Å²) in [6.07, 6.45) is 0.499. The minimum absolute atomic E-state index is 0.156. The van der Waals surface area contributed by atoms with E-state index < -0.39 is 12.0 Å². The highest BCUT2D eigenvalue weighted by atomic mass is 16.5. The summed E-state index contributed by atoms with van der Waals surface area (Å²) in [6, 6.07) is 14.1. The number of carbonyl (C=O) groups is 2. The van der Waals surface area contributed by atoms with Gasteiger partial charge in [-0.15, -0.1) is 0 Å². The second-order valence-corrected chi connectivity index (χ2v) is 5.88. The van der Waals surface area contributed by atoms with Crippen LogP contribution in [-0.4, -0.2) is 35.0 Å². The zero-order chi connectivity index (χ0) is 17.1. The third-order valence-electron chi connectivity index (χ3n) is 4.34. The second-order valence-electron chi connectivity index (χ2n) is 5.88. The molecule has 5 nitrogen and oxygen atoms in total. The van der Waals surface area contributed by atoms with Gasteiger partial charge in [-0.3, -0.25) is 4.79 Å². The summed E-state index contributed by atoms with van der Waals surface area (Å²) in [5.74, 6) is -0.479. The molecule has 2 aromatic carbocycles. The third-order valence-corrected chi connectivity index (χ3v) is 4.34. The molecule has 0 fully saturated rings. The van der Waals surface area contributed by atoms with Crippen LogP contribution in [0.5, 0.6) is 5.75 Å². The molecule has 1 amide bonds. The third kappa shape index (κ3) is 3.25. The molecule has 1 unspecified atom stereocenters. The molecular weight excluding hydrogens is 306 g/mol. The van der Waals surface area contributed by atoms with Crippen molar-refractivity contribution >= 4 is 11.9 Å². The van der Waals surface area contributed by atoms with E-state index in [9.17, 15) is 14.7 Å². The molecule has 3 rings (SSSR count). The molecule has 1 heterocycles. The summed E-state index contributed by atoms with van der Waals surface area (Å²) in [5.41, 5.74) is 2.81. The fourth-order valence-corrected chi connectivity index (χ4v) is 3.06. The number of rotatable bonds is 4. The number of amides is 1. The number of aliphatic carboxylic acids is 1. The van der Waals surface area contributed by atoms with E-state index >= 15 is 0 Å². The summed E-state index contributed by atoms with van der Waals surface area (Å²) >= 11 is 0. The summed E-state index contributed by atoms with van der Waals surface area (Å²) in [6.45, 7) is 0.329. The van der Waals surface area contributed by atoms with Crippen LogP contribution in [0.25, 0.3) is 0 Å². The van der Waals surface area contributed by atoms with Crippen molar-refractivity contribution in [2.45, 2.75) is 25.4 Å². The molecule has 2 aromatic rings. The lowest BCUT2D eigenvalue weighted by Gasteiger charge is -2.34. The highest BCUT2D eigenvalue weighted by Gasteiger charge is 2.34. The van der Waals surface area contributed by atoms with Crippen molar-refractivity contribution in [1.29, 1.82) is 0 Å². The molecule has 1 aliphatic heterocycles. The van der Waals surface area contributed by atoms with Gasteiger partial charge in [0.25, 0.3) is 0 Å². The maximum atomic E-state index is 12.7. The lowest BCUT2D eigenvalue weighted by Crippen LogP contribution is -2.49. The molecule has 0 saturated carbocycles. The average molecular weight is 325 g/mol. The van der Waals surface area contributed by atoms with Gasteiger partial charge in [0.05, 0.1) is 13.5 Å². The number of benzene rings is 2. The van der Waals surface area contributed by atoms with Gasteiger partial charge in [-0.1, -0.05) is 36.4 Å². The topological polar surface area (TPSA) is 66.8 Å². The number of methoxy groups -OCH3 is 1. The van der Waals surface area contributed by atoms with Crippen molar-refractivity contribution in [2.75, 3.05) is 7.11 Å². The van der Waals surface area contributed by atoms with E-state index in [0.717, 1.165) is 16.7 Å². The molecular formula is C19H19NO4. The maximum Gasteiger partial charge on any atom is 0.326 e. The molecule has 0 radical (unpaired) electrons. The van der Waals surface area contributed by atoms with Gasteiger partial charge < -0.3 is 14.7 Å². The van der Waals surface area contributed by atoms with Crippen LogP contribution >= 0.6 is 0 Å². The molecule has 0 spiro atoms. The van der Waals surface area contributed by atoms with Gasteiger partial charge in [-0.2, -0.15) is 0 Å². The first-order valence-corrected chi connectivity index (χ1v) is 7.80. The number of hydrogen-bond donors (Lipinski definition) is 1. The average Bonchev–Trinajstić information content (AvgIpc) is 2.60. The van der Waals surface area contributed by atoms with Gasteiger partial charge >= 0.3 is 5.97 Å². The zero-order valence-electron chi connectivity index (χ0n) is 13.4. The SMILES string of the molecule is COc1cccc(CC(=O)N2Cc3ccccc3CC2C(=O)O)c1. The van der Waals surface area contributed by atoms with Gasteiger partial charge in [0, 0.05) is 13.0 Å². The van der Waals surface area contributed by atoms with E-state index in [1.54, 1.807) is 13.2 Å². The van der Waals surface area contributed by atoms with Gasteiger partial charge in [0.1, 0.15) is 11.8 Å². The Morgan fingerprint density at radius 2 is 1.92 bits per heavy atom. The Labute approximate surface area is 140 Å². The van der Waals surface area contributed by atoms with Crippen LogP contribution in [0.2, 0.25) is 0 Å². The molecule has 124 valence electrons. The first-order valence-electron chi connectivity index (χ1n) is 7.80. The van der Waals surface area contributed by atoms with Crippen LogP contribution in [0.1, 0.15) is 16.7 Å². The highest BCUT2D eigenvalue weighted by molar-refractivity contribution is 5.85. The van der Waals surface area contributed by atoms with E-state index in [2.05, 4.69) is 0 Å². The van der Waals surface area contributed by atoms with Crippen molar-refractivity contribution in [2.24, 2.45) is 0 Å². The molecule has 1 N–H and O–H groups in total. The molecule has 24 heavy (non-hydrogen) atoms. The van der Waals surface area contributed by atoms with Crippen molar-refractivity contribution in [3.63, 3.8) is 0 Å². The van der Waals surface area contributed by atoms with Gasteiger partial charge in [0.15, 0.2) is 0 Å². The van der Waals surface area contributed by atoms with Crippen molar-refractivity contribution < 1.29 is 19.4 Å². The Bertz CT molecular complexity index is 771. The maximum absolute atomic E-state index is 12.7. The van der Waals surface area contributed by atoms with E-state index in [0.29, 0.717) is 18.7 Å². The van der Waals surface area contributed by atoms with E-state index in [1.807, 2.05) is 42.5 Å². The molecule has 0 bridgehead atoms. The standard InChI is InChI=1S/C19H19NO4/c1-24-16-8-4-5-13(9-16)10-18(21)20-12-15-7-3-2-6-14(15)11-17(20)19(22)23/h2-9,17H,10-12H2,1H3,(H,22,23). The van der Waals surface area contributed by atoms with E-state index in [1.165, 1.54) is 4.90 Å². The van der Waals surface area contributed by atoms with E-state index in [-0.39, 0.29) is 12.3 Å². The number of carbonyl (C=O) groups excluding carboxylic acids is 1. The number of hydrogen-bond acceptors (Lipinski definition) is 3. The molecule has 1 atom stereocenters. The summed E-state index contributed by atoms with van der Waals surface area (Å²) < 4.78 is 5.17. The summed E-state index contributed by atoms with van der Waals surface area (Å²) in [5, 5.41) is 9.52. The van der Waals surface area contributed by atoms with Crippen molar-refractivity contribution in [3.8, 4) is 5.75 Å². The first kappa shape index (κ1) is 16.1. The Kier molecular flexibility index (Phi) is 4.51. The Morgan fingerprint density at radius 3 is 2.62 bits per heavy atom. The van der Waals surface area contributed by atoms with Crippen LogP contribution in [-0.2, 0) is 29.0 Å². The van der Waals surface area contributed by atoms with Crippen LogP contribution in [0.15, 0.2) is 48.5 Å². The Balaban J connectivity index is 1.83. The fraction of sp³-hybridized carbons (Fsp3) is 0.263. The van der Waals surface area contributed by atoms with Crippen LogP contribution in [0.3, 0.4) is 0 Å². The van der Waals surface area contributed by atoms with Gasteiger partial charge in [0.2, 0.25) is 5.91 Å². The summed E-state index contributed by atoms with van der Waals surface area (Å²) in [7, 11) is 1.57. The lowest BCUT2D eigenvalue weighted by molar-refractivity contribution is -0.151. The largest absolute Gasteiger partial charge is 0.497 e. The molecule has 5 heteroatoms. The number of carboxylic acids is 1. The van der Waals surface area contributed by atoms with Crippen molar-refractivity contribution in [3.05, 3.63) is 65.2 Å². The predicted molar refractivity (Wildman–Crippen MR) is 88.8 cm³/mol. The molecule has 1 aliphatic rings. The van der Waals surface area contributed by atoms with Crippen molar-refractivity contribution in [1.82, 2.24) is 4.90 Å². The van der Waals surface area contributed by atoms with Gasteiger partial charge in [-0.05, 0) is 28.8 Å². The minimum Gasteiger partial charge on any atom is -0.497 e. The minimum atomic E-state index is -0.969. The lowest BCUT2D eigenvalue weighted by atomic mass is 9.93. The predicted octanol–water partition coefficient (Wildman–Crippen LogP) is 2.28. The molecule has 0 saturated heterocycles. The molecule has 0 aromatic heterocycles. The van der Waals surface area contributed by atoms with Crippen LogP contribution in [0, 0.1) is 0 Å². The smallest absolute Gasteiger partial charge is 0.326 e. The monoisotopic (exact) mass is 325 g/mol. The van der Waals surface area contributed by atoms with E-state index in [4.69, 9.17) is 4.74 Å². The number of nitrogens with zero attached hydrogens (tertiary/aromatic N) is 1. The fourth-order valence-electron chi connectivity index (χ4n) is 3.06. The Morgan fingerprint density at radius 1 is 1.17 bits per heavy atom. The van der Waals surface area contributed by atoms with Crippen LogP contribution < -0.4 is 4.74 Å². The second kappa shape index (κ2) is 6.74. The normalized spacial score (nSPS) is 16.4. The number of carboxylic acid groups (broad SMARTS) is 1. The number of ether oxygens (including phenoxy) is 1. The summed E-state index contributed by atoms with van der Waals surface area (Å²) in [4.78, 5) is 25.8. The van der Waals surface area contributed by atoms with Gasteiger partial charge in [-0.25, -0.2) is 4.79 Å².